The van der Waals surface area contributed by atoms with E-state index in [1.54, 1.807) is 0 Å². The number of rotatable bonds is 1. The van der Waals surface area contributed by atoms with Gasteiger partial charge in [-0.1, -0.05) is 0 Å². The fourth-order valence-corrected chi connectivity index (χ4v) is 1.50. The molecule has 1 fully saturated rings. The highest BCUT2D eigenvalue weighted by Crippen LogP contribution is 2.20. The zero-order chi connectivity index (χ0) is 11.9. The second-order valence-electron chi connectivity index (χ2n) is 3.60. The third-order valence-electron chi connectivity index (χ3n) is 2.43. The average Bonchev–Trinajstić information content (AvgIpc) is 2.54. The molecule has 1 saturated heterocycles. The molecule has 7 nitrogen and oxygen atoms in total. The standard InChI is InChI=1S/C8H12FN5O2/c1-13-8(16)14(12-11-13)6-3-5(10)4(9)2-7(6)15/h3-4,11,14-15H,2,10H2,1H3. The zero-order valence-corrected chi connectivity index (χ0v) is 8.57. The van der Waals surface area contributed by atoms with Gasteiger partial charge in [-0.3, -0.25) is 10.5 Å². The van der Waals surface area contributed by atoms with E-state index in [0.717, 1.165) is 5.01 Å². The van der Waals surface area contributed by atoms with E-state index in [1.807, 2.05) is 0 Å². The van der Waals surface area contributed by atoms with Crippen LogP contribution in [-0.4, -0.2) is 29.4 Å². The van der Waals surface area contributed by atoms with Gasteiger partial charge in [-0.15, -0.1) is 0 Å². The molecule has 0 radical (unpaired) electrons. The van der Waals surface area contributed by atoms with Gasteiger partial charge in [0.25, 0.3) is 0 Å². The lowest BCUT2D eigenvalue weighted by Crippen LogP contribution is -3.07. The molecular weight excluding hydrogens is 217 g/mol. The minimum atomic E-state index is -1.41. The molecule has 88 valence electrons. The number of nitrogens with zero attached hydrogens (tertiary/aromatic N) is 2. The lowest BCUT2D eigenvalue weighted by atomic mass is 10.1. The van der Waals surface area contributed by atoms with Gasteiger partial charge in [-0.05, 0) is 0 Å². The summed E-state index contributed by atoms with van der Waals surface area (Å²) in [6.45, 7) is 0. The van der Waals surface area contributed by atoms with E-state index in [1.165, 1.54) is 13.1 Å². The molecule has 2 amide bonds. The van der Waals surface area contributed by atoms with Gasteiger partial charge in [0.05, 0.1) is 0 Å². The van der Waals surface area contributed by atoms with Crippen LogP contribution in [0.25, 0.3) is 5.53 Å². The number of hydrogen-bond acceptors (Lipinski definition) is 4. The predicted octanol–water partition coefficient (Wildman–Crippen LogP) is -1.00. The van der Waals surface area contributed by atoms with Crippen LogP contribution in [0.3, 0.4) is 0 Å². The van der Waals surface area contributed by atoms with Crippen molar-refractivity contribution in [1.29, 1.82) is 0 Å². The Hall–Kier alpha value is -1.64. The van der Waals surface area contributed by atoms with Gasteiger partial charge in [0, 0.05) is 25.2 Å². The maximum Gasteiger partial charge on any atom is 0.426 e. The van der Waals surface area contributed by atoms with Gasteiger partial charge >= 0.3 is 6.03 Å². The SMILES string of the molecule is CN1N[N-][NH+](C2=C(O)CC(F)C(N)=C2)C1=O. The lowest BCUT2D eigenvalue weighted by molar-refractivity contribution is -0.723. The van der Waals surface area contributed by atoms with Crippen molar-refractivity contribution in [3.63, 3.8) is 0 Å². The van der Waals surface area contributed by atoms with Crippen molar-refractivity contribution >= 4 is 6.03 Å². The summed E-state index contributed by atoms with van der Waals surface area (Å²) in [6, 6.07) is -0.400. The quantitative estimate of drug-likeness (QED) is 0.463. The van der Waals surface area contributed by atoms with Crippen LogP contribution in [0.2, 0.25) is 0 Å². The van der Waals surface area contributed by atoms with Gasteiger partial charge in [0.1, 0.15) is 6.17 Å². The molecule has 1 aliphatic heterocycles. The molecule has 0 bridgehead atoms. The summed E-state index contributed by atoms with van der Waals surface area (Å²) in [5, 5.41) is 10.8. The number of quaternary nitrogens is 1. The molecule has 2 aliphatic rings. The van der Waals surface area contributed by atoms with Gasteiger partial charge in [-0.2, -0.15) is 0 Å². The Morgan fingerprint density at radius 1 is 1.81 bits per heavy atom. The van der Waals surface area contributed by atoms with Crippen LogP contribution in [-0.2, 0) is 0 Å². The Bertz CT molecular complexity index is 394. The number of nitrogens with two attached hydrogens (primary N) is 1. The highest BCUT2D eigenvalue weighted by atomic mass is 19.1. The molecule has 2 rings (SSSR count). The van der Waals surface area contributed by atoms with Gasteiger partial charge in [0.15, 0.2) is 11.5 Å². The summed E-state index contributed by atoms with van der Waals surface area (Å²) in [5.41, 5.74) is 11.7. The highest BCUT2D eigenvalue weighted by Gasteiger charge is 2.32. The van der Waals surface area contributed by atoms with Crippen LogP contribution in [0.4, 0.5) is 9.18 Å². The molecule has 1 heterocycles. The fourth-order valence-electron chi connectivity index (χ4n) is 1.50. The third-order valence-corrected chi connectivity index (χ3v) is 2.43. The Labute approximate surface area is 90.9 Å². The molecule has 0 aromatic rings. The summed E-state index contributed by atoms with van der Waals surface area (Å²) >= 11 is 0. The first kappa shape index (κ1) is 10.9. The molecule has 0 saturated carbocycles. The second-order valence-corrected chi connectivity index (χ2v) is 3.60. The predicted molar refractivity (Wildman–Crippen MR) is 52.1 cm³/mol. The van der Waals surface area contributed by atoms with E-state index in [4.69, 9.17) is 5.73 Å². The number of aliphatic hydroxyl groups is 1. The molecule has 0 aromatic heterocycles. The first-order valence-electron chi connectivity index (χ1n) is 4.65. The maximum absolute atomic E-state index is 13.1. The zero-order valence-electron chi connectivity index (χ0n) is 8.57. The number of hydrogen-bond donors (Lipinski definition) is 4. The van der Waals surface area contributed by atoms with E-state index in [2.05, 4.69) is 11.1 Å². The minimum Gasteiger partial charge on any atom is -0.506 e. The summed E-state index contributed by atoms with van der Waals surface area (Å²) in [5.74, 6) is -0.217. The number of halogens is 1. The number of hydrazine groups is 1. The van der Waals surface area contributed by atoms with Crippen molar-refractivity contribution in [2.24, 2.45) is 5.73 Å². The Morgan fingerprint density at radius 2 is 2.50 bits per heavy atom. The first-order chi connectivity index (χ1) is 7.50. The molecule has 0 aromatic carbocycles. The topological polar surface area (TPSA) is 97.1 Å². The van der Waals surface area contributed by atoms with E-state index < -0.39 is 12.2 Å². The van der Waals surface area contributed by atoms with E-state index in [9.17, 15) is 14.3 Å². The number of amides is 2. The molecular formula is C8H12FN5O2. The van der Waals surface area contributed by atoms with E-state index in [-0.39, 0.29) is 28.6 Å². The van der Waals surface area contributed by atoms with Crippen molar-refractivity contribution in [1.82, 2.24) is 10.5 Å². The maximum atomic E-state index is 13.1. The Balaban J connectivity index is 2.28. The smallest absolute Gasteiger partial charge is 0.426 e. The van der Waals surface area contributed by atoms with Gasteiger partial charge in [-0.25, -0.2) is 14.2 Å². The highest BCUT2D eigenvalue weighted by molar-refractivity contribution is 5.67. The van der Waals surface area contributed by atoms with Crippen molar-refractivity contribution in [2.75, 3.05) is 7.05 Å². The monoisotopic (exact) mass is 229 g/mol. The molecule has 0 spiro atoms. The number of carbonyl (C=O) groups excluding carboxylic acids is 1. The van der Waals surface area contributed by atoms with Crippen LogP contribution < -0.4 is 16.3 Å². The van der Waals surface area contributed by atoms with E-state index in [0.29, 0.717) is 0 Å². The molecule has 2 atom stereocenters. The molecule has 5 N–H and O–H groups in total. The Morgan fingerprint density at radius 3 is 3.06 bits per heavy atom. The van der Waals surface area contributed by atoms with Crippen molar-refractivity contribution in [3.05, 3.63) is 28.8 Å². The van der Waals surface area contributed by atoms with Crippen LogP contribution >= 0.6 is 0 Å². The molecule has 1 aliphatic carbocycles. The number of carbonyl (C=O) groups is 1. The van der Waals surface area contributed by atoms with Crippen LogP contribution in [0, 0.1) is 0 Å². The summed E-state index contributed by atoms with van der Waals surface area (Å²) in [6.07, 6.45) is -0.402. The van der Waals surface area contributed by atoms with Crippen LogP contribution in [0.1, 0.15) is 6.42 Å². The van der Waals surface area contributed by atoms with E-state index >= 15 is 0 Å². The minimum absolute atomic E-state index is 0.0159. The van der Waals surface area contributed by atoms with Gasteiger partial charge < -0.3 is 16.4 Å². The normalized spacial score (nSPS) is 31.0. The number of urea groups is 1. The molecule has 8 heteroatoms. The summed E-state index contributed by atoms with van der Waals surface area (Å²) in [4.78, 5) is 11.6. The average molecular weight is 229 g/mol. The van der Waals surface area contributed by atoms with Crippen molar-refractivity contribution in [3.8, 4) is 0 Å². The van der Waals surface area contributed by atoms with Crippen LogP contribution in [0.15, 0.2) is 23.2 Å². The Kier molecular flexibility index (Phi) is 2.54. The first-order valence-corrected chi connectivity index (χ1v) is 4.65. The summed E-state index contributed by atoms with van der Waals surface area (Å²) < 4.78 is 13.1. The number of aliphatic hydroxyl groups excluding tert-OH is 1. The summed E-state index contributed by atoms with van der Waals surface area (Å²) in [7, 11) is 1.49. The number of allylic oxidation sites excluding steroid dienone is 3. The lowest BCUT2D eigenvalue weighted by Gasteiger charge is -2.23. The number of alkyl halides is 1. The molecule has 16 heavy (non-hydrogen) atoms. The van der Waals surface area contributed by atoms with Gasteiger partial charge in [0.2, 0.25) is 0 Å². The van der Waals surface area contributed by atoms with Crippen LogP contribution in [0.5, 0.6) is 0 Å². The third kappa shape index (κ3) is 1.62. The largest absolute Gasteiger partial charge is 0.506 e. The van der Waals surface area contributed by atoms with Crippen molar-refractivity contribution < 1.29 is 19.3 Å². The molecule has 2 unspecified atom stereocenters. The van der Waals surface area contributed by atoms with Crippen molar-refractivity contribution in [2.45, 2.75) is 12.6 Å². The fraction of sp³-hybridized carbons (Fsp3) is 0.375. The number of nitrogens with one attached hydrogen (secondary N) is 2. The second kappa shape index (κ2) is 3.74.